The quantitative estimate of drug-likeness (QED) is 0.716. The van der Waals surface area contributed by atoms with Crippen molar-refractivity contribution in [1.82, 2.24) is 9.78 Å². The molecule has 2 heterocycles. The Kier molecular flexibility index (Phi) is 5.90. The molecular weight excluding hydrogens is 423 g/mol. The number of nitrogens with zero attached hydrogens (tertiary/aromatic N) is 3. The minimum atomic E-state index is -0.613. The first-order valence-electron chi connectivity index (χ1n) is 8.49. The minimum absolute atomic E-state index is 0.0306. The van der Waals surface area contributed by atoms with Gasteiger partial charge in [0.15, 0.2) is 11.5 Å². The number of aromatic nitrogens is 2. The van der Waals surface area contributed by atoms with Gasteiger partial charge in [-0.25, -0.2) is 9.48 Å². The second-order valence-electron chi connectivity index (χ2n) is 6.52. The Balaban J connectivity index is 1.84. The summed E-state index contributed by atoms with van der Waals surface area (Å²) in [6.45, 7) is 3.76. The van der Waals surface area contributed by atoms with E-state index in [9.17, 15) is 14.4 Å². The van der Waals surface area contributed by atoms with Crippen LogP contribution in [0.2, 0.25) is 10.0 Å². The van der Waals surface area contributed by atoms with Crippen molar-refractivity contribution in [3.05, 3.63) is 44.2 Å². The fraction of sp³-hybridized carbons (Fsp3) is 0.278. The molecular formula is C18H16Cl2N4O5. The van der Waals surface area contributed by atoms with Crippen molar-refractivity contribution in [3.8, 4) is 11.6 Å². The van der Waals surface area contributed by atoms with Crippen LogP contribution in [0.25, 0.3) is 0 Å². The number of nitrogens with one attached hydrogen (secondary N) is 1. The molecule has 0 unspecified atom stereocenters. The lowest BCUT2D eigenvalue weighted by molar-refractivity contribution is -0.140. The van der Waals surface area contributed by atoms with Gasteiger partial charge in [-0.15, -0.1) is 5.10 Å². The van der Waals surface area contributed by atoms with Crippen LogP contribution in [-0.4, -0.2) is 27.4 Å². The molecule has 0 saturated heterocycles. The fourth-order valence-corrected chi connectivity index (χ4v) is 3.10. The van der Waals surface area contributed by atoms with E-state index < -0.39 is 11.9 Å². The Morgan fingerprint density at radius 3 is 2.45 bits per heavy atom. The molecule has 0 saturated carbocycles. The summed E-state index contributed by atoms with van der Waals surface area (Å²) < 4.78 is 6.88. The van der Waals surface area contributed by atoms with E-state index in [1.165, 1.54) is 29.9 Å². The second-order valence-corrected chi connectivity index (χ2v) is 7.34. The average Bonchev–Trinajstić information content (AvgIpc) is 3.07. The van der Waals surface area contributed by atoms with Gasteiger partial charge in [0, 0.05) is 24.4 Å². The highest BCUT2D eigenvalue weighted by Gasteiger charge is 2.24. The molecule has 3 rings (SSSR count). The molecule has 152 valence electrons. The van der Waals surface area contributed by atoms with Crippen LogP contribution in [-0.2, 0) is 21.5 Å². The van der Waals surface area contributed by atoms with Crippen molar-refractivity contribution in [2.24, 2.45) is 12.2 Å². The molecule has 9 nitrogen and oxygen atoms in total. The lowest BCUT2D eigenvalue weighted by Crippen LogP contribution is -2.24. The van der Waals surface area contributed by atoms with Gasteiger partial charge >= 0.3 is 5.97 Å². The average molecular weight is 439 g/mol. The maximum Gasteiger partial charge on any atom is 0.341 e. The molecule has 1 aromatic heterocycles. The molecule has 1 aliphatic heterocycles. The molecule has 0 atom stereocenters. The summed E-state index contributed by atoms with van der Waals surface area (Å²) in [5, 5.41) is 10.2. The van der Waals surface area contributed by atoms with Crippen molar-refractivity contribution in [1.29, 1.82) is 0 Å². The normalized spacial score (nSPS) is 13.3. The van der Waals surface area contributed by atoms with Gasteiger partial charge in [-0.05, 0) is 18.1 Å². The zero-order valence-corrected chi connectivity index (χ0v) is 17.2. The van der Waals surface area contributed by atoms with Crippen LogP contribution in [0.4, 0.5) is 5.69 Å². The summed E-state index contributed by atoms with van der Waals surface area (Å²) in [5.41, 5.74) is 0.525. The Hall–Kier alpha value is -2.91. The third-order valence-corrected chi connectivity index (χ3v) is 4.55. The monoisotopic (exact) mass is 438 g/mol. The molecule has 0 bridgehead atoms. The van der Waals surface area contributed by atoms with Gasteiger partial charge in [0.05, 0.1) is 16.5 Å². The smallest absolute Gasteiger partial charge is 0.341 e. The Labute approximate surface area is 175 Å². The van der Waals surface area contributed by atoms with Crippen molar-refractivity contribution in [2.75, 3.05) is 5.32 Å². The number of anilines is 1. The van der Waals surface area contributed by atoms with Crippen LogP contribution in [0.5, 0.6) is 11.6 Å². The van der Waals surface area contributed by atoms with Crippen LogP contribution >= 0.6 is 23.2 Å². The fourth-order valence-electron chi connectivity index (χ4n) is 2.53. The van der Waals surface area contributed by atoms with Crippen LogP contribution in [0.1, 0.15) is 31.7 Å². The SMILES string of the molecule is CC(C)c1cc(Oc2c(Cl)cc(NC(=O)C3=NOC(=O)C3)cc2Cl)nn(C)c1=O. The number of aryl methyl sites for hydroxylation is 1. The number of hydrogen-bond donors (Lipinski definition) is 1. The Bertz CT molecular complexity index is 1070. The van der Waals surface area contributed by atoms with Crippen molar-refractivity contribution in [3.63, 3.8) is 0 Å². The summed E-state index contributed by atoms with van der Waals surface area (Å²) in [6, 6.07) is 4.37. The van der Waals surface area contributed by atoms with Gasteiger partial charge in [0.25, 0.3) is 11.5 Å². The van der Waals surface area contributed by atoms with E-state index >= 15 is 0 Å². The number of rotatable bonds is 5. The van der Waals surface area contributed by atoms with E-state index in [4.69, 9.17) is 27.9 Å². The maximum atomic E-state index is 12.1. The molecule has 29 heavy (non-hydrogen) atoms. The number of carbonyl (C=O) groups excluding carboxylic acids is 2. The predicted octanol–water partition coefficient (Wildman–Crippen LogP) is 3.24. The third kappa shape index (κ3) is 4.57. The van der Waals surface area contributed by atoms with Gasteiger partial charge in [-0.3, -0.25) is 9.59 Å². The van der Waals surface area contributed by atoms with Crippen molar-refractivity contribution in [2.45, 2.75) is 26.2 Å². The number of hydrogen-bond acceptors (Lipinski definition) is 7. The van der Waals surface area contributed by atoms with E-state index in [2.05, 4.69) is 20.4 Å². The van der Waals surface area contributed by atoms with Crippen LogP contribution in [0, 0.1) is 0 Å². The summed E-state index contributed by atoms with van der Waals surface area (Å²) in [7, 11) is 1.52. The molecule has 0 spiro atoms. The number of benzene rings is 1. The van der Waals surface area contributed by atoms with Crippen LogP contribution in [0.3, 0.4) is 0 Å². The van der Waals surface area contributed by atoms with E-state index in [1.807, 2.05) is 13.8 Å². The molecule has 0 aliphatic carbocycles. The number of oxime groups is 1. The highest BCUT2D eigenvalue weighted by molar-refractivity contribution is 6.46. The van der Waals surface area contributed by atoms with E-state index in [1.54, 1.807) is 0 Å². The van der Waals surface area contributed by atoms with Gasteiger partial charge in [-0.1, -0.05) is 42.2 Å². The zero-order chi connectivity index (χ0) is 21.3. The summed E-state index contributed by atoms with van der Waals surface area (Å²) in [4.78, 5) is 39.7. The molecule has 11 heteroatoms. The van der Waals surface area contributed by atoms with Gasteiger partial charge in [0.1, 0.15) is 0 Å². The topological polar surface area (TPSA) is 112 Å². The van der Waals surface area contributed by atoms with Gasteiger partial charge in [-0.2, -0.15) is 0 Å². The molecule has 1 amide bonds. The van der Waals surface area contributed by atoms with E-state index in [-0.39, 0.29) is 51.0 Å². The standard InChI is InChI=1S/C18H16Cl2N4O5/c1-8(2)10-6-14(22-24(3)18(10)27)28-16-11(19)4-9(5-12(16)20)21-17(26)13-7-15(25)29-23-13/h4-6,8H,7H2,1-3H3,(H,21,26). The predicted molar refractivity (Wildman–Crippen MR) is 107 cm³/mol. The molecule has 1 N–H and O–H groups in total. The number of halogens is 2. The largest absolute Gasteiger partial charge is 0.434 e. The first-order valence-corrected chi connectivity index (χ1v) is 9.24. The molecule has 2 aromatic rings. The van der Waals surface area contributed by atoms with Crippen molar-refractivity contribution < 1.29 is 19.2 Å². The summed E-state index contributed by atoms with van der Waals surface area (Å²) in [5.74, 6) is -0.994. The van der Waals surface area contributed by atoms with E-state index in [0.29, 0.717) is 5.56 Å². The zero-order valence-electron chi connectivity index (χ0n) is 15.7. The molecule has 1 aromatic carbocycles. The minimum Gasteiger partial charge on any atom is -0.434 e. The lowest BCUT2D eigenvalue weighted by atomic mass is 10.1. The number of amides is 1. The lowest BCUT2D eigenvalue weighted by Gasteiger charge is -2.13. The Morgan fingerprint density at radius 2 is 1.90 bits per heavy atom. The number of carbonyl (C=O) groups is 2. The van der Waals surface area contributed by atoms with Crippen LogP contribution < -0.4 is 15.6 Å². The van der Waals surface area contributed by atoms with E-state index in [0.717, 1.165) is 0 Å². The Morgan fingerprint density at radius 1 is 1.24 bits per heavy atom. The van der Waals surface area contributed by atoms with Crippen LogP contribution in [0.15, 0.2) is 28.1 Å². The second kappa shape index (κ2) is 8.22. The molecule has 0 radical (unpaired) electrons. The highest BCUT2D eigenvalue weighted by Crippen LogP contribution is 2.38. The first kappa shape index (κ1) is 20.8. The van der Waals surface area contributed by atoms with Gasteiger partial charge in [0.2, 0.25) is 5.88 Å². The summed E-state index contributed by atoms with van der Waals surface area (Å²) in [6.07, 6.45) is -0.217. The highest BCUT2D eigenvalue weighted by atomic mass is 35.5. The molecule has 1 aliphatic rings. The maximum absolute atomic E-state index is 12.1. The number of ether oxygens (including phenoxy) is 1. The van der Waals surface area contributed by atoms with Crippen molar-refractivity contribution >= 4 is 46.5 Å². The summed E-state index contributed by atoms with van der Waals surface area (Å²) >= 11 is 12.5. The first-order chi connectivity index (χ1) is 13.7. The van der Waals surface area contributed by atoms with Gasteiger partial charge < -0.3 is 14.9 Å². The third-order valence-electron chi connectivity index (χ3n) is 3.98. The molecule has 0 fully saturated rings.